The molecule has 0 bridgehead atoms. The van der Waals surface area contributed by atoms with E-state index in [9.17, 15) is 9.90 Å². The van der Waals surface area contributed by atoms with Crippen LogP contribution in [0.2, 0.25) is 0 Å². The third-order valence-electron chi connectivity index (χ3n) is 2.89. The van der Waals surface area contributed by atoms with E-state index in [0.717, 1.165) is 0 Å². The van der Waals surface area contributed by atoms with Gasteiger partial charge in [0, 0.05) is 5.75 Å². The Kier molecular flexibility index (Phi) is 7.07. The molecule has 2 rings (SSSR count). The third kappa shape index (κ3) is 6.21. The molecule has 0 aliphatic carbocycles. The first kappa shape index (κ1) is 18.3. The van der Waals surface area contributed by atoms with E-state index in [2.05, 4.69) is 15.2 Å². The standard InChI is InChI=1S/C16H21N3O4S/c1-11(2)7-23-15(21)12-3-5-14(6-4-12)22-8-13(20)9-24-16-17-10-18-19-16/h3-6,10-11,13,20H,7-9H2,1-2H3,(H,17,18,19). The molecule has 1 heterocycles. The molecular formula is C16H21N3O4S. The number of rotatable bonds is 9. The van der Waals surface area contributed by atoms with E-state index in [-0.39, 0.29) is 12.6 Å². The van der Waals surface area contributed by atoms with Crippen LogP contribution in [0.25, 0.3) is 0 Å². The van der Waals surface area contributed by atoms with Crippen LogP contribution < -0.4 is 4.74 Å². The molecule has 0 radical (unpaired) electrons. The fourth-order valence-corrected chi connectivity index (χ4v) is 2.38. The minimum absolute atomic E-state index is 0.151. The van der Waals surface area contributed by atoms with Gasteiger partial charge in [-0.15, -0.1) is 0 Å². The van der Waals surface area contributed by atoms with Crippen molar-refractivity contribution in [2.45, 2.75) is 25.1 Å². The van der Waals surface area contributed by atoms with Crippen molar-refractivity contribution >= 4 is 17.7 Å². The summed E-state index contributed by atoms with van der Waals surface area (Å²) in [6.07, 6.45) is 0.773. The Morgan fingerprint density at radius 1 is 1.29 bits per heavy atom. The molecule has 0 saturated heterocycles. The van der Waals surface area contributed by atoms with Crippen LogP contribution in [0.3, 0.4) is 0 Å². The quantitative estimate of drug-likeness (QED) is 0.528. The predicted molar refractivity (Wildman–Crippen MR) is 90.2 cm³/mol. The number of esters is 1. The third-order valence-corrected chi connectivity index (χ3v) is 3.91. The first-order valence-corrected chi connectivity index (χ1v) is 8.59. The maximum atomic E-state index is 11.8. The number of carbonyl (C=O) groups is 1. The molecule has 7 nitrogen and oxygen atoms in total. The highest BCUT2D eigenvalue weighted by Gasteiger charge is 2.10. The van der Waals surface area contributed by atoms with Crippen LogP contribution >= 0.6 is 11.8 Å². The molecule has 0 fully saturated rings. The Labute approximate surface area is 144 Å². The smallest absolute Gasteiger partial charge is 0.338 e. The Balaban J connectivity index is 1.73. The van der Waals surface area contributed by atoms with Gasteiger partial charge in [0.25, 0.3) is 0 Å². The predicted octanol–water partition coefficient (Wildman–Crippen LogP) is 2.15. The molecule has 0 spiro atoms. The van der Waals surface area contributed by atoms with Crippen LogP contribution in [0.1, 0.15) is 24.2 Å². The number of hydrogen-bond acceptors (Lipinski definition) is 7. The Morgan fingerprint density at radius 3 is 2.67 bits per heavy atom. The Hall–Kier alpha value is -2.06. The zero-order valence-corrected chi connectivity index (χ0v) is 14.5. The van der Waals surface area contributed by atoms with E-state index >= 15 is 0 Å². The van der Waals surface area contributed by atoms with Crippen molar-refractivity contribution in [3.05, 3.63) is 36.2 Å². The van der Waals surface area contributed by atoms with Crippen molar-refractivity contribution in [3.63, 3.8) is 0 Å². The lowest BCUT2D eigenvalue weighted by molar-refractivity contribution is 0.0459. The Morgan fingerprint density at radius 2 is 2.04 bits per heavy atom. The van der Waals surface area contributed by atoms with Gasteiger partial charge < -0.3 is 14.6 Å². The summed E-state index contributed by atoms with van der Waals surface area (Å²) in [5.41, 5.74) is 0.476. The molecule has 0 aliphatic heterocycles. The van der Waals surface area contributed by atoms with Crippen LogP contribution in [0, 0.1) is 5.92 Å². The van der Waals surface area contributed by atoms with Gasteiger partial charge in [0.1, 0.15) is 18.7 Å². The molecule has 2 N–H and O–H groups in total. The number of benzene rings is 1. The lowest BCUT2D eigenvalue weighted by atomic mass is 10.2. The zero-order valence-electron chi connectivity index (χ0n) is 13.6. The summed E-state index contributed by atoms with van der Waals surface area (Å²) >= 11 is 1.36. The minimum Gasteiger partial charge on any atom is -0.491 e. The van der Waals surface area contributed by atoms with Crippen molar-refractivity contribution < 1.29 is 19.4 Å². The van der Waals surface area contributed by atoms with E-state index in [4.69, 9.17) is 9.47 Å². The Bertz CT molecular complexity index is 617. The lowest BCUT2D eigenvalue weighted by Crippen LogP contribution is -2.20. The summed E-state index contributed by atoms with van der Waals surface area (Å²) in [4.78, 5) is 15.8. The highest BCUT2D eigenvalue weighted by Crippen LogP contribution is 2.16. The summed E-state index contributed by atoms with van der Waals surface area (Å²) in [6.45, 7) is 4.51. The fourth-order valence-electron chi connectivity index (χ4n) is 1.69. The van der Waals surface area contributed by atoms with Crippen molar-refractivity contribution in [2.24, 2.45) is 5.92 Å². The van der Waals surface area contributed by atoms with Crippen LogP contribution in [-0.2, 0) is 4.74 Å². The summed E-state index contributed by atoms with van der Waals surface area (Å²) in [5, 5.41) is 17.0. The van der Waals surface area contributed by atoms with Gasteiger partial charge in [-0.05, 0) is 30.2 Å². The molecule has 1 unspecified atom stereocenters. The van der Waals surface area contributed by atoms with E-state index in [0.29, 0.717) is 34.7 Å². The number of nitrogens with zero attached hydrogens (tertiary/aromatic N) is 2. The molecular weight excluding hydrogens is 330 g/mol. The van der Waals surface area contributed by atoms with Gasteiger partial charge in [0.15, 0.2) is 5.16 Å². The average Bonchev–Trinajstić information content (AvgIpc) is 3.10. The lowest BCUT2D eigenvalue weighted by Gasteiger charge is -2.12. The van der Waals surface area contributed by atoms with Gasteiger partial charge >= 0.3 is 5.97 Å². The molecule has 1 aromatic heterocycles. The molecule has 2 aromatic rings. The van der Waals surface area contributed by atoms with Gasteiger partial charge in [0.2, 0.25) is 0 Å². The maximum Gasteiger partial charge on any atom is 0.338 e. The first-order chi connectivity index (χ1) is 11.5. The van der Waals surface area contributed by atoms with Crippen LogP contribution in [0.4, 0.5) is 0 Å². The van der Waals surface area contributed by atoms with Gasteiger partial charge in [-0.25, -0.2) is 9.78 Å². The second-order valence-electron chi connectivity index (χ2n) is 5.58. The van der Waals surface area contributed by atoms with Crippen molar-refractivity contribution in [2.75, 3.05) is 19.0 Å². The zero-order chi connectivity index (χ0) is 17.4. The molecule has 130 valence electrons. The number of carbonyl (C=O) groups excluding carboxylic acids is 1. The van der Waals surface area contributed by atoms with E-state index in [1.807, 2.05) is 13.8 Å². The normalized spacial score (nSPS) is 12.2. The number of aliphatic hydroxyl groups is 1. The number of aliphatic hydroxyl groups excluding tert-OH is 1. The number of H-pyrrole nitrogens is 1. The molecule has 8 heteroatoms. The van der Waals surface area contributed by atoms with E-state index < -0.39 is 6.10 Å². The molecule has 0 amide bonds. The van der Waals surface area contributed by atoms with E-state index in [1.54, 1.807) is 24.3 Å². The molecule has 24 heavy (non-hydrogen) atoms. The van der Waals surface area contributed by atoms with Crippen LogP contribution in [-0.4, -0.2) is 51.3 Å². The summed E-state index contributed by atoms with van der Waals surface area (Å²) in [5.74, 6) is 0.972. The number of aromatic nitrogens is 3. The fraction of sp³-hybridized carbons (Fsp3) is 0.438. The minimum atomic E-state index is -0.643. The van der Waals surface area contributed by atoms with Gasteiger partial charge in [-0.1, -0.05) is 25.6 Å². The van der Waals surface area contributed by atoms with Gasteiger partial charge in [-0.2, -0.15) is 5.10 Å². The molecule has 0 saturated carbocycles. The van der Waals surface area contributed by atoms with Gasteiger partial charge in [-0.3, -0.25) is 5.10 Å². The highest BCUT2D eigenvalue weighted by atomic mass is 32.2. The van der Waals surface area contributed by atoms with Crippen molar-refractivity contribution in [1.29, 1.82) is 0 Å². The monoisotopic (exact) mass is 351 g/mol. The summed E-state index contributed by atoms with van der Waals surface area (Å²) in [6, 6.07) is 6.66. The summed E-state index contributed by atoms with van der Waals surface area (Å²) in [7, 11) is 0. The highest BCUT2D eigenvalue weighted by molar-refractivity contribution is 7.99. The summed E-state index contributed by atoms with van der Waals surface area (Å²) < 4.78 is 10.7. The van der Waals surface area contributed by atoms with Crippen molar-refractivity contribution in [3.8, 4) is 5.75 Å². The number of ether oxygens (including phenoxy) is 2. The second-order valence-corrected chi connectivity index (χ2v) is 6.59. The van der Waals surface area contributed by atoms with Crippen LogP contribution in [0.5, 0.6) is 5.75 Å². The first-order valence-electron chi connectivity index (χ1n) is 7.61. The largest absolute Gasteiger partial charge is 0.491 e. The van der Waals surface area contributed by atoms with Crippen LogP contribution in [0.15, 0.2) is 35.7 Å². The maximum absolute atomic E-state index is 11.8. The second kappa shape index (κ2) is 9.29. The van der Waals surface area contributed by atoms with Gasteiger partial charge in [0.05, 0.1) is 18.3 Å². The topological polar surface area (TPSA) is 97.3 Å². The molecule has 1 aromatic carbocycles. The molecule has 1 atom stereocenters. The average molecular weight is 351 g/mol. The SMILES string of the molecule is CC(C)COC(=O)c1ccc(OCC(O)CSc2ncn[nH]2)cc1. The molecule has 0 aliphatic rings. The number of nitrogens with one attached hydrogen (secondary N) is 1. The van der Waals surface area contributed by atoms with Crippen molar-refractivity contribution in [1.82, 2.24) is 15.2 Å². The van der Waals surface area contributed by atoms with E-state index in [1.165, 1.54) is 18.1 Å². The number of hydrogen-bond donors (Lipinski definition) is 2. The number of aromatic amines is 1. The number of thioether (sulfide) groups is 1.